The molecule has 196 valence electrons. The van der Waals surface area contributed by atoms with Crippen LogP contribution in [0.4, 0.5) is 24.1 Å². The first-order chi connectivity index (χ1) is 17.0. The summed E-state index contributed by atoms with van der Waals surface area (Å²) in [7, 11) is 1.43. The summed E-state index contributed by atoms with van der Waals surface area (Å²) in [5.74, 6) is -1.54. The number of aliphatic hydroxyl groups excluding tert-OH is 2. The van der Waals surface area contributed by atoms with Crippen molar-refractivity contribution in [2.24, 2.45) is 4.99 Å². The fraction of sp³-hybridized carbons (Fsp3) is 0.375. The van der Waals surface area contributed by atoms with Gasteiger partial charge in [-0.15, -0.1) is 0 Å². The van der Waals surface area contributed by atoms with Crippen LogP contribution >= 0.6 is 0 Å². The zero-order valence-corrected chi connectivity index (χ0v) is 20.3. The molecule has 10 nitrogen and oxygen atoms in total. The van der Waals surface area contributed by atoms with Crippen LogP contribution in [0.25, 0.3) is 0 Å². The standard InChI is InChI=1S/C24H31F2N5O5/c1-14-9-17(25)7-8-21(14)29-15(2)30-23(35)27-12-18(10-19(33)13-32)31(3)24(36)28-11-16-5-4-6-20(26)22(16)34/h4-9,18-19,32-34H,10-13H2,1-3H3,(H,28,36)(H2,27,29,30,35)/t18?,19-/m1/s1. The molecule has 0 radical (unpaired) electrons. The summed E-state index contributed by atoms with van der Waals surface area (Å²) in [4.78, 5) is 30.4. The summed E-state index contributed by atoms with van der Waals surface area (Å²) >= 11 is 0. The second-order valence-corrected chi connectivity index (χ2v) is 8.21. The molecule has 2 rings (SSSR count). The molecule has 6 N–H and O–H groups in total. The number of hydrogen-bond acceptors (Lipinski definition) is 6. The number of nitrogens with zero attached hydrogens (tertiary/aromatic N) is 2. The molecule has 0 aliphatic carbocycles. The lowest BCUT2D eigenvalue weighted by Crippen LogP contribution is -2.51. The van der Waals surface area contributed by atoms with E-state index in [-0.39, 0.29) is 30.9 Å². The molecule has 36 heavy (non-hydrogen) atoms. The first-order valence-electron chi connectivity index (χ1n) is 11.1. The second-order valence-electron chi connectivity index (χ2n) is 8.21. The lowest BCUT2D eigenvalue weighted by atomic mass is 10.1. The van der Waals surface area contributed by atoms with Crippen LogP contribution in [-0.4, -0.2) is 70.5 Å². The average Bonchev–Trinajstić information content (AvgIpc) is 2.83. The van der Waals surface area contributed by atoms with E-state index in [0.717, 1.165) is 6.07 Å². The Labute approximate surface area is 207 Å². The Bertz CT molecular complexity index is 1100. The summed E-state index contributed by atoms with van der Waals surface area (Å²) < 4.78 is 26.8. The van der Waals surface area contributed by atoms with Crippen molar-refractivity contribution in [3.63, 3.8) is 0 Å². The number of aliphatic hydroxyl groups is 2. The quantitative estimate of drug-likeness (QED) is 0.228. The number of amidine groups is 1. The Morgan fingerprint density at radius 1 is 1.17 bits per heavy atom. The third-order valence-corrected chi connectivity index (χ3v) is 5.36. The molecule has 0 bridgehead atoms. The van der Waals surface area contributed by atoms with E-state index in [0.29, 0.717) is 11.3 Å². The molecule has 4 amide bonds. The number of phenols is 1. The number of benzene rings is 2. The van der Waals surface area contributed by atoms with Gasteiger partial charge in [0.15, 0.2) is 11.6 Å². The van der Waals surface area contributed by atoms with Crippen molar-refractivity contribution in [2.45, 2.75) is 39.0 Å². The van der Waals surface area contributed by atoms with Gasteiger partial charge in [0.2, 0.25) is 0 Å². The van der Waals surface area contributed by atoms with Gasteiger partial charge >= 0.3 is 12.1 Å². The lowest BCUT2D eigenvalue weighted by molar-refractivity contribution is 0.0665. The highest BCUT2D eigenvalue weighted by Gasteiger charge is 2.24. The molecule has 2 atom stereocenters. The highest BCUT2D eigenvalue weighted by atomic mass is 19.1. The van der Waals surface area contributed by atoms with Gasteiger partial charge in [-0.25, -0.2) is 23.4 Å². The number of likely N-dealkylation sites (N-methyl/N-ethyl adjacent to an activating group) is 1. The SMILES string of the molecule is CC(=Nc1ccc(F)cc1C)NC(=O)NCC(C[C@@H](O)CO)N(C)C(=O)NCc1cccc(F)c1O. The van der Waals surface area contributed by atoms with Gasteiger partial charge in [0.1, 0.15) is 11.7 Å². The maximum absolute atomic E-state index is 13.5. The van der Waals surface area contributed by atoms with Crippen LogP contribution in [0.5, 0.6) is 5.75 Å². The molecule has 0 fully saturated rings. The summed E-state index contributed by atoms with van der Waals surface area (Å²) in [6, 6.07) is 6.03. The van der Waals surface area contributed by atoms with Crippen LogP contribution in [0.15, 0.2) is 41.4 Å². The molecule has 12 heteroatoms. The fourth-order valence-electron chi connectivity index (χ4n) is 3.30. The number of aryl methyl sites for hydroxylation is 1. The van der Waals surface area contributed by atoms with Gasteiger partial charge in [0.25, 0.3) is 0 Å². The number of aromatic hydroxyl groups is 1. The number of carbonyl (C=O) groups excluding carboxylic acids is 2. The number of rotatable bonds is 9. The van der Waals surface area contributed by atoms with Gasteiger partial charge in [-0.2, -0.15) is 0 Å². The molecule has 0 aromatic heterocycles. The minimum Gasteiger partial charge on any atom is -0.505 e. The van der Waals surface area contributed by atoms with E-state index in [1.165, 1.54) is 42.3 Å². The van der Waals surface area contributed by atoms with Gasteiger partial charge in [-0.1, -0.05) is 12.1 Å². The van der Waals surface area contributed by atoms with Gasteiger partial charge < -0.3 is 30.9 Å². The molecular weight excluding hydrogens is 476 g/mol. The van der Waals surface area contributed by atoms with Crippen molar-refractivity contribution in [3.05, 3.63) is 59.2 Å². The Kier molecular flexibility index (Phi) is 10.6. The van der Waals surface area contributed by atoms with Crippen molar-refractivity contribution in [1.29, 1.82) is 0 Å². The maximum Gasteiger partial charge on any atom is 0.320 e. The highest BCUT2D eigenvalue weighted by Crippen LogP contribution is 2.21. The third-order valence-electron chi connectivity index (χ3n) is 5.36. The molecule has 1 unspecified atom stereocenters. The molecule has 2 aromatic carbocycles. The third kappa shape index (κ3) is 8.47. The summed E-state index contributed by atoms with van der Waals surface area (Å²) in [5.41, 5.74) is 1.25. The van der Waals surface area contributed by atoms with Gasteiger partial charge in [0.05, 0.1) is 24.4 Å². The first-order valence-corrected chi connectivity index (χ1v) is 11.1. The normalized spacial score (nSPS) is 13.0. The van der Waals surface area contributed by atoms with Crippen LogP contribution in [0, 0.1) is 18.6 Å². The number of halogens is 2. The Hall–Kier alpha value is -3.77. The number of nitrogens with one attached hydrogen (secondary N) is 3. The van der Waals surface area contributed by atoms with Crippen LogP contribution in [-0.2, 0) is 6.54 Å². The van der Waals surface area contributed by atoms with E-state index in [1.54, 1.807) is 13.8 Å². The second kappa shape index (κ2) is 13.4. The van der Waals surface area contributed by atoms with Gasteiger partial charge in [-0.3, -0.25) is 5.32 Å². The van der Waals surface area contributed by atoms with Crippen LogP contribution in [0.1, 0.15) is 24.5 Å². The van der Waals surface area contributed by atoms with E-state index in [2.05, 4.69) is 20.9 Å². The predicted octanol–water partition coefficient (Wildman–Crippen LogP) is 2.28. The van der Waals surface area contributed by atoms with Crippen LogP contribution in [0.2, 0.25) is 0 Å². The number of phenolic OH excluding ortho intramolecular Hbond substituents is 1. The summed E-state index contributed by atoms with van der Waals surface area (Å²) in [5, 5.41) is 36.5. The molecule has 0 aliphatic rings. The van der Waals surface area contributed by atoms with Crippen molar-refractivity contribution >= 4 is 23.6 Å². The van der Waals surface area contributed by atoms with Crippen molar-refractivity contribution in [3.8, 4) is 5.75 Å². The number of para-hydroxylation sites is 1. The topological polar surface area (TPSA) is 147 Å². The highest BCUT2D eigenvalue weighted by molar-refractivity contribution is 5.97. The lowest BCUT2D eigenvalue weighted by Gasteiger charge is -2.30. The monoisotopic (exact) mass is 507 g/mol. The van der Waals surface area contributed by atoms with E-state index < -0.39 is 48.2 Å². The van der Waals surface area contributed by atoms with E-state index in [9.17, 15) is 33.7 Å². The number of urea groups is 2. The first kappa shape index (κ1) is 28.5. The number of carbonyl (C=O) groups is 2. The Balaban J connectivity index is 1.98. The minimum atomic E-state index is -1.15. The smallest absolute Gasteiger partial charge is 0.320 e. The summed E-state index contributed by atoms with van der Waals surface area (Å²) in [6.07, 6.45) is -1.19. The van der Waals surface area contributed by atoms with E-state index in [1.807, 2.05) is 0 Å². The Morgan fingerprint density at radius 2 is 1.89 bits per heavy atom. The number of aliphatic imine (C=N–C) groups is 1. The molecule has 0 spiro atoms. The molecule has 0 saturated carbocycles. The average molecular weight is 508 g/mol. The summed E-state index contributed by atoms with van der Waals surface area (Å²) in [6.45, 7) is 2.45. The molecular formula is C24H31F2N5O5. The largest absolute Gasteiger partial charge is 0.505 e. The van der Waals surface area contributed by atoms with Crippen molar-refractivity contribution in [1.82, 2.24) is 20.9 Å². The molecule has 0 aliphatic heterocycles. The predicted molar refractivity (Wildman–Crippen MR) is 130 cm³/mol. The minimum absolute atomic E-state index is 0.0479. The van der Waals surface area contributed by atoms with Crippen molar-refractivity contribution < 1.29 is 33.7 Å². The Morgan fingerprint density at radius 3 is 2.56 bits per heavy atom. The molecule has 0 saturated heterocycles. The maximum atomic E-state index is 13.5. The number of amides is 4. The molecule has 2 aromatic rings. The van der Waals surface area contributed by atoms with Crippen LogP contribution < -0.4 is 16.0 Å². The zero-order chi connectivity index (χ0) is 26.8. The van der Waals surface area contributed by atoms with E-state index in [4.69, 9.17) is 0 Å². The zero-order valence-electron chi connectivity index (χ0n) is 20.3. The fourth-order valence-corrected chi connectivity index (χ4v) is 3.30. The number of hydrogen-bond donors (Lipinski definition) is 6. The van der Waals surface area contributed by atoms with E-state index >= 15 is 0 Å². The van der Waals surface area contributed by atoms with Crippen LogP contribution in [0.3, 0.4) is 0 Å². The van der Waals surface area contributed by atoms with Gasteiger partial charge in [0, 0.05) is 25.7 Å². The van der Waals surface area contributed by atoms with Crippen molar-refractivity contribution in [2.75, 3.05) is 20.2 Å². The molecule has 0 heterocycles. The van der Waals surface area contributed by atoms with Gasteiger partial charge in [-0.05, 0) is 50.1 Å².